The minimum Gasteiger partial charge on any atom is -0.249 e. The zero-order valence-electron chi connectivity index (χ0n) is 11.8. The maximum atomic E-state index is 5.57. The summed E-state index contributed by atoms with van der Waals surface area (Å²) in [6, 6.07) is 11.1. The maximum Gasteiger partial charge on any atom is 0.107 e. The van der Waals surface area contributed by atoms with Gasteiger partial charge in [-0.3, -0.25) is 0 Å². The van der Waals surface area contributed by atoms with E-state index in [2.05, 4.69) is 101 Å². The van der Waals surface area contributed by atoms with Gasteiger partial charge in [0.2, 0.25) is 0 Å². The van der Waals surface area contributed by atoms with Gasteiger partial charge in [0.1, 0.15) is 13.8 Å². The molecule has 0 spiro atoms. The Morgan fingerprint density at radius 1 is 0.708 bits per heavy atom. The van der Waals surface area contributed by atoms with Crippen molar-refractivity contribution in [2.75, 3.05) is 0 Å². The van der Waals surface area contributed by atoms with Crippen molar-refractivity contribution in [1.82, 2.24) is 15.0 Å². The predicted molar refractivity (Wildman–Crippen MR) is 121 cm³/mol. The standard InChI is InChI=1S/C5H3Br2N.C5H3BrClN.C5H3BrIN/c6-4-1-2-8-5(7)3-4;2*6-5-3-4(7)1-2-8-5/h3*1-3H. The van der Waals surface area contributed by atoms with Gasteiger partial charge in [-0.1, -0.05) is 27.5 Å². The highest BCUT2D eigenvalue weighted by Crippen LogP contribution is 2.13. The lowest BCUT2D eigenvalue weighted by Gasteiger charge is -1.86. The van der Waals surface area contributed by atoms with Crippen LogP contribution in [0.25, 0.3) is 0 Å². The Kier molecular flexibility index (Phi) is 11.9. The summed E-state index contributed by atoms with van der Waals surface area (Å²) in [4.78, 5) is 11.8. The molecule has 0 atom stereocenters. The molecule has 0 unspecified atom stereocenters. The topological polar surface area (TPSA) is 38.7 Å². The zero-order chi connectivity index (χ0) is 17.9. The molecule has 9 heteroatoms. The van der Waals surface area contributed by atoms with E-state index in [0.717, 1.165) is 18.3 Å². The molecular weight excluding hydrogens is 704 g/mol. The largest absolute Gasteiger partial charge is 0.249 e. The van der Waals surface area contributed by atoms with Gasteiger partial charge in [0.05, 0.1) is 0 Å². The molecular formula is C15H9Br4ClIN3. The minimum absolute atomic E-state index is 0.701. The molecule has 3 aromatic rings. The first-order valence-corrected chi connectivity index (χ1v) is 10.8. The molecule has 24 heavy (non-hydrogen) atoms. The summed E-state index contributed by atoms with van der Waals surface area (Å²) in [7, 11) is 0. The molecule has 3 aromatic heterocycles. The molecule has 0 radical (unpaired) electrons. The van der Waals surface area contributed by atoms with Crippen molar-refractivity contribution in [3.8, 4) is 0 Å². The Morgan fingerprint density at radius 2 is 1.21 bits per heavy atom. The second-order valence-corrected chi connectivity index (χ2v) is 8.93. The van der Waals surface area contributed by atoms with Crippen molar-refractivity contribution >= 4 is 97.9 Å². The Morgan fingerprint density at radius 3 is 1.50 bits per heavy atom. The second-order valence-electron chi connectivity index (χ2n) is 3.89. The highest BCUT2D eigenvalue weighted by Gasteiger charge is 1.87. The van der Waals surface area contributed by atoms with Gasteiger partial charge < -0.3 is 0 Å². The van der Waals surface area contributed by atoms with Gasteiger partial charge >= 0.3 is 0 Å². The maximum absolute atomic E-state index is 5.57. The fourth-order valence-corrected chi connectivity index (χ4v) is 4.05. The quantitative estimate of drug-likeness (QED) is 0.179. The van der Waals surface area contributed by atoms with Crippen molar-refractivity contribution in [2.45, 2.75) is 0 Å². The van der Waals surface area contributed by atoms with E-state index in [4.69, 9.17) is 11.6 Å². The predicted octanol–water partition coefficient (Wildman–Crippen LogP) is 7.55. The SMILES string of the molecule is Brc1cc(I)ccn1.Brc1ccnc(Br)c1.Clc1ccnc(Br)c1. The fourth-order valence-electron chi connectivity index (χ4n) is 1.14. The van der Waals surface area contributed by atoms with Crippen LogP contribution in [0.2, 0.25) is 5.02 Å². The van der Waals surface area contributed by atoms with Gasteiger partial charge in [-0.25, -0.2) is 15.0 Å². The van der Waals surface area contributed by atoms with Crippen molar-refractivity contribution in [3.05, 3.63) is 81.9 Å². The molecule has 0 amide bonds. The zero-order valence-corrected chi connectivity index (χ0v) is 21.1. The summed E-state index contributed by atoms with van der Waals surface area (Å²) in [5.41, 5.74) is 0. The molecule has 0 N–H and O–H groups in total. The van der Waals surface area contributed by atoms with Crippen LogP contribution >= 0.6 is 97.9 Å². The van der Waals surface area contributed by atoms with Crippen LogP contribution in [0.5, 0.6) is 0 Å². The van der Waals surface area contributed by atoms with E-state index in [1.165, 1.54) is 3.57 Å². The van der Waals surface area contributed by atoms with Crippen molar-refractivity contribution in [2.24, 2.45) is 0 Å². The Hall–Kier alpha value is 0.390. The van der Waals surface area contributed by atoms with Gasteiger partial charge in [-0.05, 0) is 107 Å². The van der Waals surface area contributed by atoms with E-state index in [1.54, 1.807) is 30.7 Å². The average Bonchev–Trinajstić information content (AvgIpc) is 2.47. The van der Waals surface area contributed by atoms with Crippen LogP contribution in [-0.4, -0.2) is 15.0 Å². The molecule has 126 valence electrons. The molecule has 0 aromatic carbocycles. The number of pyridine rings is 3. The van der Waals surface area contributed by atoms with Gasteiger partial charge in [-0.2, -0.15) is 0 Å². The van der Waals surface area contributed by atoms with E-state index in [1.807, 2.05) is 24.3 Å². The molecule has 0 saturated carbocycles. The smallest absolute Gasteiger partial charge is 0.107 e. The monoisotopic (exact) mass is 709 g/mol. The van der Waals surface area contributed by atoms with Crippen LogP contribution in [0.1, 0.15) is 0 Å². The summed E-state index contributed by atoms with van der Waals surface area (Å²) < 4.78 is 4.75. The highest BCUT2D eigenvalue weighted by atomic mass is 127. The number of nitrogens with zero attached hydrogens (tertiary/aromatic N) is 3. The first-order chi connectivity index (χ1) is 11.4. The van der Waals surface area contributed by atoms with E-state index >= 15 is 0 Å². The number of aromatic nitrogens is 3. The molecule has 0 aliphatic carbocycles. The third kappa shape index (κ3) is 11.1. The lowest BCUT2D eigenvalue weighted by atomic mass is 10.5. The Labute approximate surface area is 192 Å². The first kappa shape index (κ1) is 22.4. The number of hydrogen-bond donors (Lipinski definition) is 0. The molecule has 0 saturated heterocycles. The number of halogens is 6. The van der Waals surface area contributed by atoms with Crippen LogP contribution in [0.4, 0.5) is 0 Å². The van der Waals surface area contributed by atoms with E-state index in [9.17, 15) is 0 Å². The number of rotatable bonds is 0. The summed E-state index contributed by atoms with van der Waals surface area (Å²) >= 11 is 20.7. The summed E-state index contributed by atoms with van der Waals surface area (Å²) in [6.45, 7) is 0. The fraction of sp³-hybridized carbons (Fsp3) is 0. The normalized spacial score (nSPS) is 9.25. The lowest BCUT2D eigenvalue weighted by Crippen LogP contribution is -1.73. The minimum atomic E-state index is 0.701. The van der Waals surface area contributed by atoms with Crippen LogP contribution in [0.15, 0.2) is 73.3 Å². The van der Waals surface area contributed by atoms with Gasteiger partial charge in [-0.15, -0.1) is 0 Å². The molecule has 0 aliphatic heterocycles. The first-order valence-electron chi connectivity index (χ1n) is 6.18. The molecule has 3 nitrogen and oxygen atoms in total. The third-order valence-corrected chi connectivity index (χ3v) is 4.77. The van der Waals surface area contributed by atoms with Gasteiger partial charge in [0, 0.05) is 31.7 Å². The van der Waals surface area contributed by atoms with Crippen LogP contribution in [0, 0.1) is 3.57 Å². The van der Waals surface area contributed by atoms with Crippen molar-refractivity contribution in [1.29, 1.82) is 0 Å². The Bertz CT molecular complexity index is 622. The molecule has 0 aliphatic rings. The molecule has 3 rings (SSSR count). The van der Waals surface area contributed by atoms with E-state index in [0.29, 0.717) is 5.02 Å². The van der Waals surface area contributed by atoms with E-state index < -0.39 is 0 Å². The van der Waals surface area contributed by atoms with E-state index in [-0.39, 0.29) is 0 Å². The highest BCUT2D eigenvalue weighted by molar-refractivity contribution is 14.1. The van der Waals surface area contributed by atoms with Gasteiger partial charge in [0.25, 0.3) is 0 Å². The summed E-state index contributed by atoms with van der Waals surface area (Å²) in [5.74, 6) is 0. The van der Waals surface area contributed by atoms with Crippen LogP contribution in [-0.2, 0) is 0 Å². The van der Waals surface area contributed by atoms with Crippen LogP contribution < -0.4 is 0 Å². The summed E-state index contributed by atoms with van der Waals surface area (Å²) in [6.07, 6.45) is 5.15. The lowest BCUT2D eigenvalue weighted by molar-refractivity contribution is 1.26. The summed E-state index contributed by atoms with van der Waals surface area (Å²) in [5, 5.41) is 0.701. The van der Waals surface area contributed by atoms with Crippen molar-refractivity contribution < 1.29 is 0 Å². The average molecular weight is 713 g/mol. The van der Waals surface area contributed by atoms with Crippen molar-refractivity contribution in [3.63, 3.8) is 0 Å². The second kappa shape index (κ2) is 12.7. The molecule has 0 fully saturated rings. The van der Waals surface area contributed by atoms with Gasteiger partial charge in [0.15, 0.2) is 0 Å². The molecule has 3 heterocycles. The molecule has 0 bridgehead atoms. The Balaban J connectivity index is 0.000000180. The van der Waals surface area contributed by atoms with Crippen LogP contribution in [0.3, 0.4) is 0 Å². The number of hydrogen-bond acceptors (Lipinski definition) is 3. The third-order valence-electron chi connectivity index (χ3n) is 2.07.